The lowest BCUT2D eigenvalue weighted by Crippen LogP contribution is -2.12. The molecule has 0 aromatic heterocycles. The van der Waals surface area contributed by atoms with Gasteiger partial charge in [0.05, 0.1) is 0 Å². The zero-order valence-electron chi connectivity index (χ0n) is 7.39. The van der Waals surface area contributed by atoms with Crippen molar-refractivity contribution in [1.82, 2.24) is 4.90 Å². The second-order valence-electron chi connectivity index (χ2n) is 2.86. The van der Waals surface area contributed by atoms with Crippen molar-refractivity contribution in [3.63, 3.8) is 0 Å². The fourth-order valence-corrected chi connectivity index (χ4v) is 0.855. The molecule has 0 fully saturated rings. The van der Waals surface area contributed by atoms with Crippen LogP contribution in [0, 0.1) is 0 Å². The Kier molecular flexibility index (Phi) is 12.9. The van der Waals surface area contributed by atoms with Gasteiger partial charge < -0.3 is 4.90 Å². The number of rotatable bonds is 5. The molecule has 0 heterocycles. The fourth-order valence-electron chi connectivity index (χ4n) is 0.855. The van der Waals surface area contributed by atoms with Crippen LogP contribution in [0.5, 0.6) is 0 Å². The third kappa shape index (κ3) is 11.5. The topological polar surface area (TPSA) is 3.24 Å². The smallest absolute Gasteiger partial charge is 0.00248 e. The van der Waals surface area contributed by atoms with Crippen molar-refractivity contribution >= 4 is 24.0 Å². The minimum absolute atomic E-state index is 0. The average molecular weight is 257 g/mol. The maximum atomic E-state index is 2.25. The summed E-state index contributed by atoms with van der Waals surface area (Å²) >= 11 is 0. The van der Waals surface area contributed by atoms with Gasteiger partial charge in [-0.3, -0.25) is 0 Å². The highest BCUT2D eigenvalue weighted by molar-refractivity contribution is 14.0. The molecule has 0 aliphatic heterocycles. The molecule has 0 saturated heterocycles. The summed E-state index contributed by atoms with van der Waals surface area (Å²) in [4.78, 5) is 2.25. The number of nitrogens with zero attached hydrogens (tertiary/aromatic N) is 1. The van der Waals surface area contributed by atoms with E-state index in [1.54, 1.807) is 0 Å². The first kappa shape index (κ1) is 13.3. The fraction of sp³-hybridized carbons (Fsp3) is 1.00. The van der Waals surface area contributed by atoms with E-state index in [4.69, 9.17) is 0 Å². The van der Waals surface area contributed by atoms with Crippen LogP contribution in [0.4, 0.5) is 0 Å². The van der Waals surface area contributed by atoms with Crippen LogP contribution in [0.25, 0.3) is 0 Å². The van der Waals surface area contributed by atoms with Gasteiger partial charge in [-0.15, -0.1) is 24.0 Å². The SMILES string of the molecule is CCCCCCN(C)C.I. The van der Waals surface area contributed by atoms with Gasteiger partial charge in [-0.25, -0.2) is 0 Å². The highest BCUT2D eigenvalue weighted by Crippen LogP contribution is 1.98. The molecule has 0 amide bonds. The molecule has 0 aliphatic carbocycles. The number of hydrogen-bond donors (Lipinski definition) is 0. The molecular weight excluding hydrogens is 237 g/mol. The van der Waals surface area contributed by atoms with Crippen molar-refractivity contribution in [1.29, 1.82) is 0 Å². The summed E-state index contributed by atoms with van der Waals surface area (Å²) in [6.07, 6.45) is 5.50. The molecule has 0 rings (SSSR count). The highest BCUT2D eigenvalue weighted by Gasteiger charge is 1.88. The molecule has 2 heteroatoms. The van der Waals surface area contributed by atoms with E-state index in [9.17, 15) is 0 Å². The Hall–Kier alpha value is 0.690. The predicted molar refractivity (Wildman–Crippen MR) is 58.1 cm³/mol. The Morgan fingerprint density at radius 3 is 2.00 bits per heavy atom. The molecular formula is C8H20IN. The lowest BCUT2D eigenvalue weighted by atomic mass is 10.2. The van der Waals surface area contributed by atoms with Gasteiger partial charge in [0.1, 0.15) is 0 Å². The quantitative estimate of drug-likeness (QED) is 0.540. The molecule has 64 valence electrons. The first-order chi connectivity index (χ1) is 4.27. The summed E-state index contributed by atoms with van der Waals surface area (Å²) in [5.74, 6) is 0. The van der Waals surface area contributed by atoms with Crippen molar-refractivity contribution in [3.8, 4) is 0 Å². The van der Waals surface area contributed by atoms with E-state index in [-0.39, 0.29) is 24.0 Å². The molecule has 0 aromatic rings. The molecule has 0 spiro atoms. The zero-order chi connectivity index (χ0) is 7.11. The van der Waals surface area contributed by atoms with E-state index >= 15 is 0 Å². The van der Waals surface area contributed by atoms with Crippen LogP contribution in [0.15, 0.2) is 0 Å². The van der Waals surface area contributed by atoms with E-state index in [1.165, 1.54) is 32.2 Å². The number of hydrogen-bond acceptors (Lipinski definition) is 1. The minimum atomic E-state index is 0. The lowest BCUT2D eigenvalue weighted by molar-refractivity contribution is 0.391. The van der Waals surface area contributed by atoms with E-state index in [0.29, 0.717) is 0 Å². The van der Waals surface area contributed by atoms with Crippen molar-refractivity contribution in [2.24, 2.45) is 0 Å². The Balaban J connectivity index is 0. The van der Waals surface area contributed by atoms with Crippen LogP contribution in [0.3, 0.4) is 0 Å². The van der Waals surface area contributed by atoms with Gasteiger partial charge in [0.15, 0.2) is 0 Å². The number of unbranched alkanes of at least 4 members (excludes halogenated alkanes) is 3. The van der Waals surface area contributed by atoms with Gasteiger partial charge in [-0.2, -0.15) is 0 Å². The van der Waals surface area contributed by atoms with Crippen LogP contribution < -0.4 is 0 Å². The van der Waals surface area contributed by atoms with E-state index in [2.05, 4.69) is 25.9 Å². The van der Waals surface area contributed by atoms with E-state index in [1.807, 2.05) is 0 Å². The predicted octanol–water partition coefficient (Wildman–Crippen LogP) is 2.75. The Morgan fingerprint density at radius 1 is 1.00 bits per heavy atom. The van der Waals surface area contributed by atoms with Gasteiger partial charge >= 0.3 is 0 Å². The van der Waals surface area contributed by atoms with E-state index in [0.717, 1.165) is 0 Å². The van der Waals surface area contributed by atoms with Gasteiger partial charge in [-0.1, -0.05) is 26.2 Å². The Bertz CT molecular complexity index is 55.2. The van der Waals surface area contributed by atoms with Crippen LogP contribution in [-0.4, -0.2) is 25.5 Å². The maximum absolute atomic E-state index is 2.25. The summed E-state index contributed by atoms with van der Waals surface area (Å²) in [6.45, 7) is 3.50. The molecule has 0 radical (unpaired) electrons. The Morgan fingerprint density at radius 2 is 1.60 bits per heavy atom. The van der Waals surface area contributed by atoms with Gasteiger partial charge in [0, 0.05) is 0 Å². The third-order valence-electron chi connectivity index (χ3n) is 1.46. The lowest BCUT2D eigenvalue weighted by Gasteiger charge is -2.07. The van der Waals surface area contributed by atoms with Crippen molar-refractivity contribution < 1.29 is 0 Å². The second-order valence-corrected chi connectivity index (χ2v) is 2.86. The van der Waals surface area contributed by atoms with Gasteiger partial charge in [0.2, 0.25) is 0 Å². The van der Waals surface area contributed by atoms with Gasteiger partial charge in [0.25, 0.3) is 0 Å². The molecule has 10 heavy (non-hydrogen) atoms. The molecule has 1 nitrogen and oxygen atoms in total. The number of halogens is 1. The van der Waals surface area contributed by atoms with Crippen LogP contribution in [0.1, 0.15) is 32.6 Å². The molecule has 0 aliphatic rings. The van der Waals surface area contributed by atoms with Crippen molar-refractivity contribution in [2.75, 3.05) is 20.6 Å². The molecule has 0 saturated carbocycles. The van der Waals surface area contributed by atoms with Crippen LogP contribution in [-0.2, 0) is 0 Å². The molecule has 0 unspecified atom stereocenters. The minimum Gasteiger partial charge on any atom is -0.309 e. The van der Waals surface area contributed by atoms with E-state index < -0.39 is 0 Å². The third-order valence-corrected chi connectivity index (χ3v) is 1.46. The van der Waals surface area contributed by atoms with Crippen molar-refractivity contribution in [2.45, 2.75) is 32.6 Å². The second kappa shape index (κ2) is 9.69. The largest absolute Gasteiger partial charge is 0.309 e. The van der Waals surface area contributed by atoms with Crippen LogP contribution in [0.2, 0.25) is 0 Å². The zero-order valence-corrected chi connectivity index (χ0v) is 9.72. The normalized spacial score (nSPS) is 9.60. The van der Waals surface area contributed by atoms with Crippen LogP contribution >= 0.6 is 24.0 Å². The molecule has 0 aromatic carbocycles. The maximum Gasteiger partial charge on any atom is -0.00248 e. The average Bonchev–Trinajstić information content (AvgIpc) is 1.80. The monoisotopic (exact) mass is 257 g/mol. The Labute approximate surface area is 82.2 Å². The summed E-state index contributed by atoms with van der Waals surface area (Å²) in [5.41, 5.74) is 0. The molecule has 0 N–H and O–H groups in total. The molecule has 0 atom stereocenters. The first-order valence-electron chi connectivity index (χ1n) is 3.92. The highest BCUT2D eigenvalue weighted by atomic mass is 127. The molecule has 0 bridgehead atoms. The first-order valence-corrected chi connectivity index (χ1v) is 3.92. The van der Waals surface area contributed by atoms with Crippen molar-refractivity contribution in [3.05, 3.63) is 0 Å². The summed E-state index contributed by atoms with van der Waals surface area (Å²) < 4.78 is 0. The summed E-state index contributed by atoms with van der Waals surface area (Å²) in [7, 11) is 4.26. The summed E-state index contributed by atoms with van der Waals surface area (Å²) in [6, 6.07) is 0. The summed E-state index contributed by atoms with van der Waals surface area (Å²) in [5, 5.41) is 0. The van der Waals surface area contributed by atoms with Gasteiger partial charge in [-0.05, 0) is 27.1 Å². The standard InChI is InChI=1S/C8H19N.HI/c1-4-5-6-7-8-9(2)3;/h4-8H2,1-3H3;1H.